The second kappa shape index (κ2) is 9.08. The van der Waals surface area contributed by atoms with Crippen molar-refractivity contribution in [1.29, 1.82) is 0 Å². The molecule has 0 saturated heterocycles. The third kappa shape index (κ3) is 6.04. The lowest BCUT2D eigenvalue weighted by atomic mass is 10.2. The van der Waals surface area contributed by atoms with Gasteiger partial charge in [-0.15, -0.1) is 11.3 Å². The molecule has 1 amide bonds. The van der Waals surface area contributed by atoms with Gasteiger partial charge in [-0.05, 0) is 35.6 Å². The second-order valence-corrected chi connectivity index (χ2v) is 6.70. The molecule has 2 rings (SSSR count). The standard InChI is InChI=1S/C18H21NO4S/c1-13(2)11-22-15-6-3-5-14(9-15)18(21)23-12-17(20)19-10-16-7-4-8-24-16/h3-9,13H,10-12H2,1-2H3,(H,19,20). The normalized spacial score (nSPS) is 10.5. The summed E-state index contributed by atoms with van der Waals surface area (Å²) in [6.07, 6.45) is 0. The highest BCUT2D eigenvalue weighted by Crippen LogP contribution is 2.15. The highest BCUT2D eigenvalue weighted by molar-refractivity contribution is 7.09. The molecule has 0 atom stereocenters. The molecule has 1 heterocycles. The van der Waals surface area contributed by atoms with Crippen molar-refractivity contribution in [2.75, 3.05) is 13.2 Å². The zero-order valence-electron chi connectivity index (χ0n) is 13.8. The predicted molar refractivity (Wildman–Crippen MR) is 93.2 cm³/mol. The van der Waals surface area contributed by atoms with Gasteiger partial charge in [0.15, 0.2) is 6.61 Å². The summed E-state index contributed by atoms with van der Waals surface area (Å²) >= 11 is 1.56. The minimum atomic E-state index is -0.545. The van der Waals surface area contributed by atoms with Crippen LogP contribution in [0.2, 0.25) is 0 Å². The van der Waals surface area contributed by atoms with Crippen molar-refractivity contribution in [1.82, 2.24) is 5.32 Å². The van der Waals surface area contributed by atoms with Crippen LogP contribution < -0.4 is 10.1 Å². The maximum Gasteiger partial charge on any atom is 0.338 e. The average Bonchev–Trinajstić information content (AvgIpc) is 3.09. The summed E-state index contributed by atoms with van der Waals surface area (Å²) in [5.74, 6) is 0.133. The third-order valence-corrected chi connectivity index (χ3v) is 3.90. The minimum Gasteiger partial charge on any atom is -0.493 e. The molecule has 0 spiro atoms. The van der Waals surface area contributed by atoms with Gasteiger partial charge in [0.05, 0.1) is 18.7 Å². The molecule has 0 aliphatic heterocycles. The Balaban J connectivity index is 1.79. The number of hydrogen-bond donors (Lipinski definition) is 1. The van der Waals surface area contributed by atoms with Gasteiger partial charge in [-0.25, -0.2) is 4.79 Å². The summed E-state index contributed by atoms with van der Waals surface area (Å²) in [7, 11) is 0. The van der Waals surface area contributed by atoms with E-state index in [1.54, 1.807) is 35.6 Å². The van der Waals surface area contributed by atoms with E-state index in [1.165, 1.54) is 0 Å². The molecule has 0 radical (unpaired) electrons. The molecule has 128 valence electrons. The number of esters is 1. The molecule has 1 aromatic carbocycles. The van der Waals surface area contributed by atoms with Gasteiger partial charge in [0.1, 0.15) is 5.75 Å². The Hall–Kier alpha value is -2.34. The Morgan fingerprint density at radius 1 is 1.21 bits per heavy atom. The predicted octanol–water partition coefficient (Wildman–Crippen LogP) is 3.26. The highest BCUT2D eigenvalue weighted by Gasteiger charge is 2.11. The van der Waals surface area contributed by atoms with E-state index in [0.717, 1.165) is 4.88 Å². The van der Waals surface area contributed by atoms with Crippen molar-refractivity contribution in [3.63, 3.8) is 0 Å². The van der Waals surface area contributed by atoms with Crippen LogP contribution >= 0.6 is 11.3 Å². The zero-order valence-corrected chi connectivity index (χ0v) is 14.6. The number of benzene rings is 1. The molecular formula is C18H21NO4S. The molecule has 6 heteroatoms. The molecular weight excluding hydrogens is 326 g/mol. The first-order chi connectivity index (χ1) is 11.5. The summed E-state index contributed by atoms with van der Waals surface area (Å²) in [6, 6.07) is 10.6. The summed E-state index contributed by atoms with van der Waals surface area (Å²) in [5, 5.41) is 4.65. The molecule has 0 bridgehead atoms. The molecule has 0 aliphatic rings. The van der Waals surface area contributed by atoms with Crippen molar-refractivity contribution in [2.24, 2.45) is 5.92 Å². The zero-order chi connectivity index (χ0) is 17.4. The number of hydrogen-bond acceptors (Lipinski definition) is 5. The van der Waals surface area contributed by atoms with E-state index in [0.29, 0.717) is 30.4 Å². The average molecular weight is 347 g/mol. The monoisotopic (exact) mass is 347 g/mol. The van der Waals surface area contributed by atoms with Crippen LogP contribution in [0.1, 0.15) is 29.1 Å². The molecule has 0 aliphatic carbocycles. The van der Waals surface area contributed by atoms with Crippen LogP contribution in [-0.4, -0.2) is 25.1 Å². The fourth-order valence-electron chi connectivity index (χ4n) is 1.84. The van der Waals surface area contributed by atoms with Crippen LogP contribution in [0.5, 0.6) is 5.75 Å². The number of carbonyl (C=O) groups is 2. The van der Waals surface area contributed by atoms with E-state index in [9.17, 15) is 9.59 Å². The topological polar surface area (TPSA) is 64.6 Å². The van der Waals surface area contributed by atoms with Gasteiger partial charge in [0.2, 0.25) is 0 Å². The van der Waals surface area contributed by atoms with Crippen LogP contribution in [0.3, 0.4) is 0 Å². The van der Waals surface area contributed by atoms with Gasteiger partial charge < -0.3 is 14.8 Å². The Kier molecular flexibility index (Phi) is 6.81. The number of ether oxygens (including phenoxy) is 2. The van der Waals surface area contributed by atoms with Crippen molar-refractivity contribution in [3.8, 4) is 5.75 Å². The quantitative estimate of drug-likeness (QED) is 0.745. The first-order valence-electron chi connectivity index (χ1n) is 7.73. The van der Waals surface area contributed by atoms with Crippen LogP contribution in [0, 0.1) is 5.92 Å². The van der Waals surface area contributed by atoms with Crippen molar-refractivity contribution >= 4 is 23.2 Å². The molecule has 2 aromatic rings. The lowest BCUT2D eigenvalue weighted by molar-refractivity contribution is -0.124. The molecule has 1 N–H and O–H groups in total. The van der Waals surface area contributed by atoms with Crippen LogP contribution in [0.15, 0.2) is 41.8 Å². The van der Waals surface area contributed by atoms with E-state index in [1.807, 2.05) is 31.4 Å². The largest absolute Gasteiger partial charge is 0.493 e. The van der Waals surface area contributed by atoms with E-state index in [2.05, 4.69) is 5.32 Å². The van der Waals surface area contributed by atoms with E-state index < -0.39 is 5.97 Å². The van der Waals surface area contributed by atoms with Gasteiger partial charge in [0, 0.05) is 4.88 Å². The van der Waals surface area contributed by atoms with Gasteiger partial charge in [-0.2, -0.15) is 0 Å². The minimum absolute atomic E-state index is 0.304. The number of amides is 1. The van der Waals surface area contributed by atoms with Crippen molar-refractivity contribution in [2.45, 2.75) is 20.4 Å². The first-order valence-corrected chi connectivity index (χ1v) is 8.61. The van der Waals surface area contributed by atoms with Crippen LogP contribution in [0.4, 0.5) is 0 Å². The fraction of sp³-hybridized carbons (Fsp3) is 0.333. The van der Waals surface area contributed by atoms with Crippen molar-refractivity contribution in [3.05, 3.63) is 52.2 Å². The van der Waals surface area contributed by atoms with Gasteiger partial charge in [-0.3, -0.25) is 4.79 Å². The third-order valence-electron chi connectivity index (χ3n) is 3.03. The lowest BCUT2D eigenvalue weighted by Crippen LogP contribution is -2.28. The molecule has 5 nitrogen and oxygen atoms in total. The summed E-state index contributed by atoms with van der Waals surface area (Å²) in [5.41, 5.74) is 0.363. The fourth-order valence-corrected chi connectivity index (χ4v) is 2.48. The highest BCUT2D eigenvalue weighted by atomic mass is 32.1. The van der Waals surface area contributed by atoms with Gasteiger partial charge in [-0.1, -0.05) is 26.0 Å². The number of nitrogens with one attached hydrogen (secondary N) is 1. The first kappa shape index (κ1) is 18.0. The summed E-state index contributed by atoms with van der Waals surface area (Å²) in [6.45, 7) is 4.80. The summed E-state index contributed by atoms with van der Waals surface area (Å²) < 4.78 is 10.6. The molecule has 0 unspecified atom stereocenters. The molecule has 24 heavy (non-hydrogen) atoms. The van der Waals surface area contributed by atoms with E-state index >= 15 is 0 Å². The van der Waals surface area contributed by atoms with Crippen molar-refractivity contribution < 1.29 is 19.1 Å². The number of rotatable bonds is 8. The molecule has 0 saturated carbocycles. The Morgan fingerprint density at radius 2 is 2.04 bits per heavy atom. The maximum atomic E-state index is 12.0. The smallest absolute Gasteiger partial charge is 0.338 e. The maximum absolute atomic E-state index is 12.0. The lowest BCUT2D eigenvalue weighted by Gasteiger charge is -2.10. The second-order valence-electron chi connectivity index (χ2n) is 5.66. The Morgan fingerprint density at radius 3 is 2.75 bits per heavy atom. The Bertz CT molecular complexity index is 667. The van der Waals surface area contributed by atoms with E-state index in [-0.39, 0.29) is 12.5 Å². The van der Waals surface area contributed by atoms with Gasteiger partial charge >= 0.3 is 5.97 Å². The Labute approximate surface area is 145 Å². The molecule has 1 aromatic heterocycles. The summed E-state index contributed by atoms with van der Waals surface area (Å²) in [4.78, 5) is 24.8. The van der Waals surface area contributed by atoms with E-state index in [4.69, 9.17) is 9.47 Å². The number of thiophene rings is 1. The SMILES string of the molecule is CC(C)COc1cccc(C(=O)OCC(=O)NCc2cccs2)c1. The van der Waals surface area contributed by atoms with Crippen LogP contribution in [-0.2, 0) is 16.1 Å². The number of carbonyl (C=O) groups excluding carboxylic acids is 2. The van der Waals surface area contributed by atoms with Gasteiger partial charge in [0.25, 0.3) is 5.91 Å². The van der Waals surface area contributed by atoms with Crippen LogP contribution in [0.25, 0.3) is 0 Å². The molecule has 0 fully saturated rings.